The van der Waals surface area contributed by atoms with Gasteiger partial charge < -0.3 is 11.1 Å². The smallest absolute Gasteiger partial charge is 0.218 e. The maximum Gasteiger partial charge on any atom is 0.218 e. The summed E-state index contributed by atoms with van der Waals surface area (Å²) in [7, 11) is 0. The van der Waals surface area contributed by atoms with Crippen LogP contribution in [-0.2, 0) is 4.79 Å². The molecular weight excluding hydrogens is 275 g/mol. The van der Waals surface area contributed by atoms with Gasteiger partial charge in [0.2, 0.25) is 5.91 Å². The molecule has 0 saturated heterocycles. The van der Waals surface area contributed by atoms with E-state index in [9.17, 15) is 9.18 Å². The second kappa shape index (κ2) is 5.96. The van der Waals surface area contributed by atoms with Gasteiger partial charge in [-0.2, -0.15) is 0 Å². The van der Waals surface area contributed by atoms with Gasteiger partial charge in [-0.25, -0.2) is 4.39 Å². The zero-order chi connectivity index (χ0) is 12.1. The van der Waals surface area contributed by atoms with Gasteiger partial charge in [-0.15, -0.1) is 0 Å². The molecule has 0 fully saturated rings. The van der Waals surface area contributed by atoms with Crippen molar-refractivity contribution in [1.82, 2.24) is 5.32 Å². The molecular formula is C11H14BrFN2O. The van der Waals surface area contributed by atoms with Crippen molar-refractivity contribution in [2.75, 3.05) is 6.54 Å². The first kappa shape index (κ1) is 13.1. The number of amides is 1. The first-order valence-electron chi connectivity index (χ1n) is 4.97. The van der Waals surface area contributed by atoms with Gasteiger partial charge >= 0.3 is 0 Å². The number of nitrogens with one attached hydrogen (secondary N) is 1. The second-order valence-corrected chi connectivity index (χ2v) is 4.47. The van der Waals surface area contributed by atoms with E-state index in [0.717, 1.165) is 4.47 Å². The van der Waals surface area contributed by atoms with E-state index in [4.69, 9.17) is 5.73 Å². The Labute approximate surface area is 102 Å². The molecule has 1 atom stereocenters. The van der Waals surface area contributed by atoms with Crippen LogP contribution in [0.2, 0.25) is 0 Å². The third-order valence-electron chi connectivity index (χ3n) is 2.25. The van der Waals surface area contributed by atoms with Crippen LogP contribution in [0.1, 0.15) is 24.9 Å². The highest BCUT2D eigenvalue weighted by Gasteiger charge is 2.10. The molecule has 0 heterocycles. The number of carbonyl (C=O) groups excluding carboxylic acids is 1. The molecule has 0 aliphatic heterocycles. The number of nitrogens with two attached hydrogens (primary N) is 1. The van der Waals surface area contributed by atoms with Crippen molar-refractivity contribution in [2.24, 2.45) is 5.73 Å². The van der Waals surface area contributed by atoms with Gasteiger partial charge in [0, 0.05) is 29.0 Å². The van der Waals surface area contributed by atoms with E-state index >= 15 is 0 Å². The lowest BCUT2D eigenvalue weighted by molar-refractivity contribution is -0.117. The van der Waals surface area contributed by atoms with Crippen molar-refractivity contribution in [3.05, 3.63) is 34.1 Å². The molecule has 3 nitrogen and oxygen atoms in total. The number of rotatable bonds is 5. The standard InChI is InChI=1S/C11H14BrFN2O/c1-7(15-5-4-11(14)16)9-6-8(12)2-3-10(9)13/h2-3,6-7,15H,4-5H2,1H3,(H2,14,16). The highest BCUT2D eigenvalue weighted by molar-refractivity contribution is 9.10. The van der Waals surface area contributed by atoms with Crippen LogP contribution in [0.5, 0.6) is 0 Å². The lowest BCUT2D eigenvalue weighted by Gasteiger charge is -2.14. The Morgan fingerprint density at radius 3 is 2.94 bits per heavy atom. The highest BCUT2D eigenvalue weighted by Crippen LogP contribution is 2.21. The van der Waals surface area contributed by atoms with Crippen LogP contribution in [0.4, 0.5) is 4.39 Å². The van der Waals surface area contributed by atoms with Gasteiger partial charge in [0.05, 0.1) is 0 Å². The van der Waals surface area contributed by atoms with Gasteiger partial charge in [-0.05, 0) is 25.1 Å². The topological polar surface area (TPSA) is 55.1 Å². The van der Waals surface area contributed by atoms with E-state index in [1.807, 2.05) is 6.92 Å². The number of primary amides is 1. The van der Waals surface area contributed by atoms with E-state index in [1.165, 1.54) is 6.07 Å². The highest BCUT2D eigenvalue weighted by atomic mass is 79.9. The number of benzene rings is 1. The van der Waals surface area contributed by atoms with Crippen LogP contribution in [0.25, 0.3) is 0 Å². The number of halogens is 2. The number of hydrogen-bond acceptors (Lipinski definition) is 2. The Hall–Kier alpha value is -0.940. The summed E-state index contributed by atoms with van der Waals surface area (Å²) in [5.41, 5.74) is 5.58. The van der Waals surface area contributed by atoms with Crippen LogP contribution in [0.3, 0.4) is 0 Å². The monoisotopic (exact) mass is 288 g/mol. The van der Waals surface area contributed by atoms with Crippen LogP contribution in [-0.4, -0.2) is 12.5 Å². The minimum atomic E-state index is -0.366. The molecule has 0 bridgehead atoms. The van der Waals surface area contributed by atoms with Crippen molar-refractivity contribution in [1.29, 1.82) is 0 Å². The molecule has 1 rings (SSSR count). The summed E-state index contributed by atoms with van der Waals surface area (Å²) < 4.78 is 14.3. The molecule has 0 saturated carbocycles. The lowest BCUT2D eigenvalue weighted by Crippen LogP contribution is -2.25. The predicted octanol–water partition coefficient (Wildman–Crippen LogP) is 2.11. The van der Waals surface area contributed by atoms with Crippen LogP contribution in [0.15, 0.2) is 22.7 Å². The van der Waals surface area contributed by atoms with Gasteiger partial charge in [0.15, 0.2) is 0 Å². The summed E-state index contributed by atoms with van der Waals surface area (Å²) in [6.45, 7) is 2.29. The van der Waals surface area contributed by atoms with E-state index < -0.39 is 0 Å². The molecule has 16 heavy (non-hydrogen) atoms. The van der Waals surface area contributed by atoms with Gasteiger partial charge in [-0.1, -0.05) is 15.9 Å². The summed E-state index contributed by atoms with van der Waals surface area (Å²) in [4.78, 5) is 10.5. The summed E-state index contributed by atoms with van der Waals surface area (Å²) in [5.74, 6) is -0.628. The summed E-state index contributed by atoms with van der Waals surface area (Å²) >= 11 is 3.29. The van der Waals surface area contributed by atoms with Crippen molar-refractivity contribution < 1.29 is 9.18 Å². The van der Waals surface area contributed by atoms with Crippen LogP contribution >= 0.6 is 15.9 Å². The lowest BCUT2D eigenvalue weighted by atomic mass is 10.1. The molecule has 1 aromatic carbocycles. The van der Waals surface area contributed by atoms with Crippen molar-refractivity contribution in [2.45, 2.75) is 19.4 Å². The molecule has 5 heteroatoms. The molecule has 1 unspecified atom stereocenters. The number of hydrogen-bond donors (Lipinski definition) is 2. The fraction of sp³-hybridized carbons (Fsp3) is 0.364. The summed E-state index contributed by atoms with van der Waals surface area (Å²) in [6.07, 6.45) is 0.250. The average Bonchev–Trinajstić information content (AvgIpc) is 2.21. The fourth-order valence-corrected chi connectivity index (χ4v) is 1.75. The molecule has 0 spiro atoms. The number of carbonyl (C=O) groups is 1. The van der Waals surface area contributed by atoms with E-state index in [0.29, 0.717) is 12.1 Å². The van der Waals surface area contributed by atoms with Gasteiger partial charge in [0.1, 0.15) is 5.82 Å². The predicted molar refractivity (Wildman–Crippen MR) is 64.3 cm³/mol. The largest absolute Gasteiger partial charge is 0.370 e. The zero-order valence-electron chi connectivity index (χ0n) is 8.97. The minimum Gasteiger partial charge on any atom is -0.370 e. The third kappa shape index (κ3) is 3.90. The molecule has 0 aliphatic carbocycles. The molecule has 0 aromatic heterocycles. The van der Waals surface area contributed by atoms with Crippen LogP contribution in [0, 0.1) is 5.82 Å². The van der Waals surface area contributed by atoms with E-state index in [1.54, 1.807) is 12.1 Å². The van der Waals surface area contributed by atoms with Crippen molar-refractivity contribution in [3.63, 3.8) is 0 Å². The molecule has 88 valence electrons. The fourth-order valence-electron chi connectivity index (χ4n) is 1.37. The Morgan fingerprint density at radius 1 is 1.62 bits per heavy atom. The van der Waals surface area contributed by atoms with Crippen molar-refractivity contribution >= 4 is 21.8 Å². The summed E-state index contributed by atoms with van der Waals surface area (Å²) in [5, 5.41) is 3.04. The maximum atomic E-state index is 13.5. The first-order chi connectivity index (χ1) is 7.50. The Kier molecular flexibility index (Phi) is 4.89. The van der Waals surface area contributed by atoms with Gasteiger partial charge in [-0.3, -0.25) is 4.79 Å². The molecule has 3 N–H and O–H groups in total. The summed E-state index contributed by atoms with van der Waals surface area (Å²) in [6, 6.07) is 4.62. The van der Waals surface area contributed by atoms with E-state index in [2.05, 4.69) is 21.2 Å². The zero-order valence-corrected chi connectivity index (χ0v) is 10.6. The SMILES string of the molecule is CC(NCCC(N)=O)c1cc(Br)ccc1F. The Bertz CT molecular complexity index is 384. The van der Waals surface area contributed by atoms with Crippen molar-refractivity contribution in [3.8, 4) is 0 Å². The minimum absolute atomic E-state index is 0.156. The Morgan fingerprint density at radius 2 is 2.31 bits per heavy atom. The third-order valence-corrected chi connectivity index (χ3v) is 2.74. The first-order valence-corrected chi connectivity index (χ1v) is 5.76. The van der Waals surface area contributed by atoms with Gasteiger partial charge in [0.25, 0.3) is 0 Å². The average molecular weight is 289 g/mol. The quantitative estimate of drug-likeness (QED) is 0.872. The van der Waals surface area contributed by atoms with E-state index in [-0.39, 0.29) is 24.2 Å². The molecule has 1 amide bonds. The molecule has 0 aliphatic rings. The Balaban J connectivity index is 2.61. The van der Waals surface area contributed by atoms with Crippen LogP contribution < -0.4 is 11.1 Å². The molecule has 1 aromatic rings. The second-order valence-electron chi connectivity index (χ2n) is 3.56. The normalized spacial score (nSPS) is 12.4. The molecule has 0 radical (unpaired) electrons. The maximum absolute atomic E-state index is 13.5.